The molecule has 1 aliphatic carbocycles. The quantitative estimate of drug-likeness (QED) is 0.533. The van der Waals surface area contributed by atoms with Crippen molar-refractivity contribution in [2.24, 2.45) is 5.41 Å². The van der Waals surface area contributed by atoms with Crippen LogP contribution in [0.5, 0.6) is 11.5 Å². The second-order valence-electron chi connectivity index (χ2n) is 7.30. The standard InChI is InChI=1S/C22H30O2/c1-16(2)8-6-12-22(4)13-7-9-17(3)20(22)15-18-14-19(24-5)10-11-21(18)23/h6,8,10-12,14,23H,7,9,13,15H2,1-5H3/b12-6+/t22-/m0/s1. The zero-order chi connectivity index (χ0) is 17.7. The smallest absolute Gasteiger partial charge is 0.119 e. The summed E-state index contributed by atoms with van der Waals surface area (Å²) in [4.78, 5) is 0. The minimum absolute atomic E-state index is 0.0454. The Labute approximate surface area is 146 Å². The Morgan fingerprint density at radius 3 is 2.75 bits per heavy atom. The lowest BCUT2D eigenvalue weighted by atomic mass is 9.69. The number of allylic oxidation sites excluding steroid dienone is 6. The van der Waals surface area contributed by atoms with Crippen LogP contribution >= 0.6 is 0 Å². The van der Waals surface area contributed by atoms with E-state index in [2.05, 4.69) is 45.9 Å². The third-order valence-electron chi connectivity index (χ3n) is 5.00. The molecule has 0 fully saturated rings. The predicted molar refractivity (Wildman–Crippen MR) is 102 cm³/mol. The topological polar surface area (TPSA) is 29.5 Å². The van der Waals surface area contributed by atoms with Gasteiger partial charge >= 0.3 is 0 Å². The van der Waals surface area contributed by atoms with Gasteiger partial charge in [0.25, 0.3) is 0 Å². The number of hydrogen-bond donors (Lipinski definition) is 1. The number of phenolic OH excluding ortho intramolecular Hbond substituents is 1. The van der Waals surface area contributed by atoms with Crippen LogP contribution in [0.2, 0.25) is 0 Å². The molecule has 0 aliphatic heterocycles. The highest BCUT2D eigenvalue weighted by Gasteiger charge is 2.31. The van der Waals surface area contributed by atoms with E-state index in [1.54, 1.807) is 19.2 Å². The van der Waals surface area contributed by atoms with E-state index < -0.39 is 0 Å². The molecule has 0 saturated heterocycles. The SMILES string of the molecule is COc1ccc(O)c(CC2=C(C)CCC[C@]2(C)/C=C/C=C(C)C)c1. The fourth-order valence-electron chi connectivity index (χ4n) is 3.52. The molecule has 2 heteroatoms. The van der Waals surface area contributed by atoms with Gasteiger partial charge in [-0.2, -0.15) is 0 Å². The Kier molecular flexibility index (Phi) is 5.93. The normalized spacial score (nSPS) is 21.2. The van der Waals surface area contributed by atoms with Crippen molar-refractivity contribution in [1.29, 1.82) is 0 Å². The molecule has 2 nitrogen and oxygen atoms in total. The third-order valence-corrected chi connectivity index (χ3v) is 5.00. The average molecular weight is 326 g/mol. The van der Waals surface area contributed by atoms with Crippen molar-refractivity contribution in [1.82, 2.24) is 0 Å². The van der Waals surface area contributed by atoms with Crippen LogP contribution in [0.3, 0.4) is 0 Å². The van der Waals surface area contributed by atoms with Crippen molar-refractivity contribution in [3.8, 4) is 11.5 Å². The van der Waals surface area contributed by atoms with E-state index in [1.807, 2.05) is 6.07 Å². The molecule has 24 heavy (non-hydrogen) atoms. The first-order valence-corrected chi connectivity index (χ1v) is 8.73. The summed E-state index contributed by atoms with van der Waals surface area (Å²) in [5.41, 5.74) is 5.17. The molecular formula is C22H30O2. The van der Waals surface area contributed by atoms with Gasteiger partial charge < -0.3 is 9.84 Å². The molecule has 0 bridgehead atoms. The molecule has 1 aromatic rings. The van der Waals surface area contributed by atoms with E-state index in [0.29, 0.717) is 5.75 Å². The first-order chi connectivity index (χ1) is 11.4. The predicted octanol–water partition coefficient (Wildman–Crippen LogP) is 5.97. The average Bonchev–Trinajstić information content (AvgIpc) is 2.52. The Balaban J connectivity index is 2.37. The van der Waals surface area contributed by atoms with E-state index in [0.717, 1.165) is 30.6 Å². The van der Waals surface area contributed by atoms with Gasteiger partial charge in [-0.15, -0.1) is 0 Å². The second-order valence-corrected chi connectivity index (χ2v) is 7.30. The summed E-state index contributed by atoms with van der Waals surface area (Å²) in [5, 5.41) is 10.3. The van der Waals surface area contributed by atoms with Crippen LogP contribution in [-0.4, -0.2) is 12.2 Å². The van der Waals surface area contributed by atoms with Gasteiger partial charge in [0.2, 0.25) is 0 Å². The summed E-state index contributed by atoms with van der Waals surface area (Å²) in [5.74, 6) is 1.14. The van der Waals surface area contributed by atoms with E-state index in [4.69, 9.17) is 4.74 Å². The molecule has 2 rings (SSSR count). The molecule has 0 amide bonds. The summed E-state index contributed by atoms with van der Waals surface area (Å²) in [6.07, 6.45) is 11.0. The van der Waals surface area contributed by atoms with Crippen molar-refractivity contribution in [2.45, 2.75) is 53.4 Å². The number of phenols is 1. The Morgan fingerprint density at radius 2 is 2.08 bits per heavy atom. The number of methoxy groups -OCH3 is 1. The fourth-order valence-corrected chi connectivity index (χ4v) is 3.52. The van der Waals surface area contributed by atoms with Crippen molar-refractivity contribution in [2.75, 3.05) is 7.11 Å². The molecule has 130 valence electrons. The third kappa shape index (κ3) is 4.31. The van der Waals surface area contributed by atoms with E-state index in [1.165, 1.54) is 23.1 Å². The molecule has 1 N–H and O–H groups in total. The lowest BCUT2D eigenvalue weighted by molar-refractivity contribution is 0.401. The summed E-state index contributed by atoms with van der Waals surface area (Å²) in [6.45, 7) is 8.78. The molecule has 0 spiro atoms. The van der Waals surface area contributed by atoms with Crippen LogP contribution in [0.25, 0.3) is 0 Å². The van der Waals surface area contributed by atoms with E-state index >= 15 is 0 Å². The molecule has 1 aliphatic rings. The molecular weight excluding hydrogens is 296 g/mol. The van der Waals surface area contributed by atoms with Gasteiger partial charge in [-0.1, -0.05) is 41.9 Å². The summed E-state index contributed by atoms with van der Waals surface area (Å²) < 4.78 is 5.32. The molecule has 1 aromatic carbocycles. The molecule has 0 radical (unpaired) electrons. The molecule has 0 saturated carbocycles. The van der Waals surface area contributed by atoms with Gasteiger partial charge in [0.15, 0.2) is 0 Å². The van der Waals surface area contributed by atoms with Crippen molar-refractivity contribution < 1.29 is 9.84 Å². The van der Waals surface area contributed by atoms with Gasteiger partial charge in [-0.05, 0) is 64.7 Å². The Morgan fingerprint density at radius 1 is 1.33 bits per heavy atom. The highest BCUT2D eigenvalue weighted by molar-refractivity contribution is 5.44. The van der Waals surface area contributed by atoms with Crippen LogP contribution in [0.15, 0.2) is 53.1 Å². The number of aromatic hydroxyl groups is 1. The van der Waals surface area contributed by atoms with Gasteiger partial charge in [0, 0.05) is 11.0 Å². The lowest BCUT2D eigenvalue weighted by Crippen LogP contribution is -2.23. The van der Waals surface area contributed by atoms with Gasteiger partial charge in [0.1, 0.15) is 11.5 Å². The van der Waals surface area contributed by atoms with Crippen LogP contribution in [0.1, 0.15) is 52.5 Å². The van der Waals surface area contributed by atoms with Gasteiger partial charge in [-0.25, -0.2) is 0 Å². The zero-order valence-electron chi connectivity index (χ0n) is 15.6. The van der Waals surface area contributed by atoms with Gasteiger partial charge in [0.05, 0.1) is 7.11 Å². The number of hydrogen-bond acceptors (Lipinski definition) is 2. The van der Waals surface area contributed by atoms with Gasteiger partial charge in [-0.3, -0.25) is 0 Å². The molecule has 0 heterocycles. The summed E-state index contributed by atoms with van der Waals surface area (Å²) >= 11 is 0. The van der Waals surface area contributed by atoms with Crippen LogP contribution < -0.4 is 4.74 Å². The second kappa shape index (κ2) is 7.74. The first kappa shape index (κ1) is 18.4. The number of benzene rings is 1. The maximum Gasteiger partial charge on any atom is 0.119 e. The zero-order valence-corrected chi connectivity index (χ0v) is 15.6. The monoisotopic (exact) mass is 326 g/mol. The fraction of sp³-hybridized carbons (Fsp3) is 0.455. The Bertz CT molecular complexity index is 675. The molecule has 0 unspecified atom stereocenters. The minimum atomic E-state index is 0.0454. The minimum Gasteiger partial charge on any atom is -0.508 e. The van der Waals surface area contributed by atoms with Crippen LogP contribution in [-0.2, 0) is 6.42 Å². The Hall–Kier alpha value is -1.96. The lowest BCUT2D eigenvalue weighted by Gasteiger charge is -2.36. The number of rotatable bonds is 5. The van der Waals surface area contributed by atoms with Crippen molar-refractivity contribution in [3.05, 3.63) is 58.7 Å². The molecule has 1 atom stereocenters. The highest BCUT2D eigenvalue weighted by Crippen LogP contribution is 2.44. The van der Waals surface area contributed by atoms with Crippen LogP contribution in [0, 0.1) is 5.41 Å². The van der Waals surface area contributed by atoms with E-state index in [9.17, 15) is 5.11 Å². The van der Waals surface area contributed by atoms with Crippen LogP contribution in [0.4, 0.5) is 0 Å². The maximum absolute atomic E-state index is 10.3. The highest BCUT2D eigenvalue weighted by atomic mass is 16.5. The summed E-state index contributed by atoms with van der Waals surface area (Å²) in [6, 6.07) is 5.47. The van der Waals surface area contributed by atoms with E-state index in [-0.39, 0.29) is 5.41 Å². The molecule has 0 aromatic heterocycles. The van der Waals surface area contributed by atoms with Crippen molar-refractivity contribution in [3.63, 3.8) is 0 Å². The van der Waals surface area contributed by atoms with Crippen molar-refractivity contribution >= 4 is 0 Å². The summed E-state index contributed by atoms with van der Waals surface area (Å²) in [7, 11) is 1.66. The first-order valence-electron chi connectivity index (χ1n) is 8.73. The number of ether oxygens (including phenoxy) is 1. The largest absolute Gasteiger partial charge is 0.508 e. The maximum atomic E-state index is 10.3.